The molecular formula is C22H18ClN3O2. The third kappa shape index (κ3) is 4.00. The van der Waals surface area contributed by atoms with Crippen LogP contribution in [-0.4, -0.2) is 17.2 Å². The molecule has 6 heteroatoms. The maximum absolute atomic E-state index is 12.4. The van der Waals surface area contributed by atoms with E-state index in [1.54, 1.807) is 24.3 Å². The number of carbonyl (C=O) groups is 1. The van der Waals surface area contributed by atoms with Crippen LogP contribution in [0.4, 0.5) is 5.69 Å². The Kier molecular flexibility index (Phi) is 5.00. The Morgan fingerprint density at radius 2 is 1.82 bits per heavy atom. The van der Waals surface area contributed by atoms with Gasteiger partial charge in [-0.05, 0) is 65.2 Å². The van der Waals surface area contributed by atoms with E-state index < -0.39 is 0 Å². The van der Waals surface area contributed by atoms with Crippen LogP contribution in [0.1, 0.15) is 27.0 Å². The summed E-state index contributed by atoms with van der Waals surface area (Å²) in [7, 11) is 0. The number of fused-ring (bicyclic) bond motifs is 1. The Bertz CT molecular complexity index is 1050. The number of phenolic OH excluding ortho intramolecular Hbond substituents is 1. The van der Waals surface area contributed by atoms with Crippen molar-refractivity contribution in [3.8, 4) is 5.75 Å². The number of nitrogens with zero attached hydrogens (tertiary/aromatic N) is 2. The van der Waals surface area contributed by atoms with Gasteiger partial charge in [0, 0.05) is 29.4 Å². The van der Waals surface area contributed by atoms with Crippen LogP contribution < -0.4 is 10.3 Å². The molecule has 3 aromatic carbocycles. The Morgan fingerprint density at radius 1 is 1.04 bits per heavy atom. The summed E-state index contributed by atoms with van der Waals surface area (Å²) >= 11 is 5.96. The van der Waals surface area contributed by atoms with Crippen molar-refractivity contribution >= 4 is 29.4 Å². The average Bonchev–Trinajstić information content (AvgIpc) is 3.12. The second-order valence-electron chi connectivity index (χ2n) is 6.61. The molecule has 0 saturated carbocycles. The molecule has 1 heterocycles. The lowest BCUT2D eigenvalue weighted by Gasteiger charge is -2.17. The molecule has 0 saturated heterocycles. The fourth-order valence-electron chi connectivity index (χ4n) is 3.21. The number of hydrogen-bond donors (Lipinski definition) is 2. The summed E-state index contributed by atoms with van der Waals surface area (Å²) in [6.45, 7) is 1.54. The summed E-state index contributed by atoms with van der Waals surface area (Å²) in [6, 6.07) is 20.1. The summed E-state index contributed by atoms with van der Waals surface area (Å²) in [5.74, 6) is -0.122. The van der Waals surface area contributed by atoms with Crippen LogP contribution in [0.25, 0.3) is 0 Å². The van der Waals surface area contributed by atoms with Crippen LogP contribution in [0, 0.1) is 0 Å². The molecule has 3 aromatic rings. The van der Waals surface area contributed by atoms with E-state index in [1.165, 1.54) is 11.8 Å². The topological polar surface area (TPSA) is 64.9 Å². The smallest absolute Gasteiger partial charge is 0.271 e. The molecule has 2 N–H and O–H groups in total. The Morgan fingerprint density at radius 3 is 2.61 bits per heavy atom. The third-order valence-electron chi connectivity index (χ3n) is 4.63. The monoisotopic (exact) mass is 391 g/mol. The van der Waals surface area contributed by atoms with Gasteiger partial charge in [-0.3, -0.25) is 4.79 Å². The highest BCUT2D eigenvalue weighted by molar-refractivity contribution is 6.30. The summed E-state index contributed by atoms with van der Waals surface area (Å²) in [5.41, 5.74) is 7.22. The Labute approximate surface area is 167 Å². The first-order valence-corrected chi connectivity index (χ1v) is 9.21. The Hall–Kier alpha value is -3.31. The number of rotatable bonds is 4. The number of nitrogens with one attached hydrogen (secondary N) is 1. The van der Waals surface area contributed by atoms with Gasteiger partial charge in [-0.1, -0.05) is 29.8 Å². The van der Waals surface area contributed by atoms with Crippen molar-refractivity contribution in [1.29, 1.82) is 0 Å². The lowest BCUT2D eigenvalue weighted by molar-refractivity contribution is 0.0955. The average molecular weight is 392 g/mol. The van der Waals surface area contributed by atoms with Gasteiger partial charge in [0.05, 0.1) is 6.21 Å². The number of hydrazone groups is 1. The molecule has 4 rings (SSSR count). The molecule has 1 aliphatic rings. The van der Waals surface area contributed by atoms with Gasteiger partial charge in [-0.25, -0.2) is 5.43 Å². The molecule has 0 fully saturated rings. The molecule has 0 spiro atoms. The van der Waals surface area contributed by atoms with Crippen LogP contribution in [0.5, 0.6) is 5.75 Å². The molecule has 0 atom stereocenters. The van der Waals surface area contributed by atoms with Gasteiger partial charge in [0.2, 0.25) is 0 Å². The van der Waals surface area contributed by atoms with Gasteiger partial charge in [-0.15, -0.1) is 0 Å². The molecular weight excluding hydrogens is 374 g/mol. The zero-order valence-electron chi connectivity index (χ0n) is 15.0. The first-order chi connectivity index (χ1) is 13.6. The zero-order valence-corrected chi connectivity index (χ0v) is 15.7. The molecule has 0 radical (unpaired) electrons. The molecule has 5 nitrogen and oxygen atoms in total. The van der Waals surface area contributed by atoms with E-state index in [2.05, 4.69) is 15.4 Å². The van der Waals surface area contributed by atoms with Gasteiger partial charge < -0.3 is 10.0 Å². The molecule has 0 bridgehead atoms. The predicted molar refractivity (Wildman–Crippen MR) is 111 cm³/mol. The van der Waals surface area contributed by atoms with E-state index in [1.807, 2.05) is 42.5 Å². The molecule has 28 heavy (non-hydrogen) atoms. The van der Waals surface area contributed by atoms with Crippen molar-refractivity contribution in [3.05, 3.63) is 94.0 Å². The number of aromatic hydroxyl groups is 1. The quantitative estimate of drug-likeness (QED) is 0.514. The summed E-state index contributed by atoms with van der Waals surface area (Å²) < 4.78 is 0. The van der Waals surface area contributed by atoms with E-state index in [9.17, 15) is 9.90 Å². The number of phenols is 1. The molecule has 0 aromatic heterocycles. The number of amides is 1. The van der Waals surface area contributed by atoms with E-state index in [-0.39, 0.29) is 11.7 Å². The molecule has 1 amide bonds. The first kappa shape index (κ1) is 18.1. The number of benzene rings is 3. The van der Waals surface area contributed by atoms with Gasteiger partial charge in [0.15, 0.2) is 0 Å². The van der Waals surface area contributed by atoms with E-state index in [4.69, 9.17) is 11.6 Å². The van der Waals surface area contributed by atoms with E-state index in [0.29, 0.717) is 16.1 Å². The highest BCUT2D eigenvalue weighted by Crippen LogP contribution is 2.29. The van der Waals surface area contributed by atoms with Crippen LogP contribution in [0.2, 0.25) is 5.02 Å². The van der Waals surface area contributed by atoms with Gasteiger partial charge in [-0.2, -0.15) is 5.10 Å². The highest BCUT2D eigenvalue weighted by atomic mass is 35.5. The summed E-state index contributed by atoms with van der Waals surface area (Å²) in [4.78, 5) is 14.6. The normalized spacial score (nSPS) is 13.0. The fraction of sp³-hybridized carbons (Fsp3) is 0.0909. The molecule has 140 valence electrons. The molecule has 0 unspecified atom stereocenters. The van der Waals surface area contributed by atoms with Crippen LogP contribution in [0.15, 0.2) is 71.8 Å². The van der Waals surface area contributed by atoms with Crippen molar-refractivity contribution < 1.29 is 9.90 Å². The second kappa shape index (κ2) is 7.74. The second-order valence-corrected chi connectivity index (χ2v) is 7.05. The standard InChI is InChI=1S/C22H18ClN3O2/c23-19-6-8-20(9-7-19)26-13-17-5-4-16(11-18(17)14-26)22(28)25-24-12-15-2-1-3-21(27)10-15/h1-12,27H,13-14H2,(H,25,28)/b24-12+. The van der Waals surface area contributed by atoms with Crippen LogP contribution in [-0.2, 0) is 13.1 Å². The van der Waals surface area contributed by atoms with Gasteiger partial charge in [0.1, 0.15) is 5.75 Å². The van der Waals surface area contributed by atoms with E-state index in [0.717, 1.165) is 24.3 Å². The SMILES string of the molecule is O=C(N/N=C/c1cccc(O)c1)c1ccc2c(c1)CN(c1ccc(Cl)cc1)C2. The minimum atomic E-state index is -0.274. The minimum Gasteiger partial charge on any atom is -0.508 e. The third-order valence-corrected chi connectivity index (χ3v) is 4.88. The van der Waals surface area contributed by atoms with E-state index >= 15 is 0 Å². The van der Waals surface area contributed by atoms with Crippen molar-refractivity contribution in [3.63, 3.8) is 0 Å². The maximum Gasteiger partial charge on any atom is 0.271 e. The lowest BCUT2D eigenvalue weighted by Crippen LogP contribution is -2.17. The van der Waals surface area contributed by atoms with Crippen molar-refractivity contribution in [2.75, 3.05) is 4.90 Å². The van der Waals surface area contributed by atoms with Crippen molar-refractivity contribution in [1.82, 2.24) is 5.43 Å². The first-order valence-electron chi connectivity index (χ1n) is 8.83. The van der Waals surface area contributed by atoms with Gasteiger partial charge in [0.25, 0.3) is 5.91 Å². The minimum absolute atomic E-state index is 0.152. The highest BCUT2D eigenvalue weighted by Gasteiger charge is 2.20. The number of carbonyl (C=O) groups excluding carboxylic acids is 1. The number of hydrogen-bond acceptors (Lipinski definition) is 4. The maximum atomic E-state index is 12.4. The van der Waals surface area contributed by atoms with Crippen molar-refractivity contribution in [2.24, 2.45) is 5.10 Å². The summed E-state index contributed by atoms with van der Waals surface area (Å²) in [6.07, 6.45) is 1.49. The number of halogens is 1. The molecule has 1 aliphatic heterocycles. The largest absolute Gasteiger partial charge is 0.508 e. The van der Waals surface area contributed by atoms with Crippen LogP contribution >= 0.6 is 11.6 Å². The zero-order chi connectivity index (χ0) is 19.5. The summed E-state index contributed by atoms with van der Waals surface area (Å²) in [5, 5.41) is 14.1. The molecule has 0 aliphatic carbocycles. The van der Waals surface area contributed by atoms with Crippen LogP contribution in [0.3, 0.4) is 0 Å². The van der Waals surface area contributed by atoms with Gasteiger partial charge >= 0.3 is 0 Å². The predicted octanol–water partition coefficient (Wildman–Crippen LogP) is 4.33. The van der Waals surface area contributed by atoms with Crippen molar-refractivity contribution in [2.45, 2.75) is 13.1 Å². The Balaban J connectivity index is 1.43. The lowest BCUT2D eigenvalue weighted by atomic mass is 10.1. The number of anilines is 1. The fourth-order valence-corrected chi connectivity index (χ4v) is 3.33.